The lowest BCUT2D eigenvalue weighted by Crippen LogP contribution is -2.05. The second kappa shape index (κ2) is 5.35. The Bertz CT molecular complexity index is 526. The minimum Gasteiger partial charge on any atom is -0.508 e. The van der Waals surface area contributed by atoms with E-state index in [2.05, 4.69) is 15.3 Å². The number of anilines is 1. The van der Waals surface area contributed by atoms with Gasteiger partial charge in [0.05, 0.1) is 7.11 Å². The van der Waals surface area contributed by atoms with E-state index < -0.39 is 0 Å². The van der Waals surface area contributed by atoms with Crippen LogP contribution in [-0.2, 0) is 6.54 Å². The van der Waals surface area contributed by atoms with Crippen molar-refractivity contribution in [2.75, 3.05) is 12.4 Å². The number of hydrogen-bond acceptors (Lipinski definition) is 5. The number of phenols is 1. The van der Waals surface area contributed by atoms with Crippen LogP contribution in [0.4, 0.5) is 5.95 Å². The number of phenolic OH excluding ortho intramolecular Hbond substituents is 1. The minimum atomic E-state index is 0.257. The lowest BCUT2D eigenvalue weighted by atomic mass is 10.2. The van der Waals surface area contributed by atoms with Crippen LogP contribution < -0.4 is 10.1 Å². The molecule has 2 N–H and O–H groups in total. The van der Waals surface area contributed by atoms with Crippen molar-refractivity contribution >= 4 is 5.95 Å². The number of hydrogen-bond donors (Lipinski definition) is 2. The van der Waals surface area contributed by atoms with Gasteiger partial charge in [0, 0.05) is 18.3 Å². The molecule has 0 fully saturated rings. The molecule has 94 valence electrons. The standard InChI is InChI=1S/C13H15N3O2/c1-9-7-12(18-2)16-13(15-9)14-8-10-3-5-11(17)6-4-10/h3-7,17H,8H2,1-2H3,(H,14,15,16). The molecule has 5 heteroatoms. The summed E-state index contributed by atoms with van der Waals surface area (Å²) in [5.41, 5.74) is 1.88. The minimum absolute atomic E-state index is 0.257. The number of nitrogens with one attached hydrogen (secondary N) is 1. The van der Waals surface area contributed by atoms with Gasteiger partial charge in [0.25, 0.3) is 0 Å². The summed E-state index contributed by atoms with van der Waals surface area (Å²) >= 11 is 0. The number of aromatic hydroxyl groups is 1. The van der Waals surface area contributed by atoms with Crippen molar-refractivity contribution in [1.82, 2.24) is 9.97 Å². The van der Waals surface area contributed by atoms with Gasteiger partial charge in [-0.3, -0.25) is 0 Å². The van der Waals surface area contributed by atoms with Gasteiger partial charge in [-0.2, -0.15) is 4.98 Å². The summed E-state index contributed by atoms with van der Waals surface area (Å²) in [6, 6.07) is 8.75. The topological polar surface area (TPSA) is 67.3 Å². The molecule has 2 aromatic rings. The van der Waals surface area contributed by atoms with E-state index in [9.17, 15) is 5.11 Å². The van der Waals surface area contributed by atoms with Crippen LogP contribution in [0.5, 0.6) is 11.6 Å². The Hall–Kier alpha value is -2.30. The van der Waals surface area contributed by atoms with Gasteiger partial charge in [-0.15, -0.1) is 0 Å². The van der Waals surface area contributed by atoms with Crippen LogP contribution in [0.2, 0.25) is 0 Å². The predicted octanol–water partition coefficient (Wildman–Crippen LogP) is 2.11. The van der Waals surface area contributed by atoms with Crippen LogP contribution in [0.15, 0.2) is 30.3 Å². The van der Waals surface area contributed by atoms with Crippen LogP contribution in [0.25, 0.3) is 0 Å². The van der Waals surface area contributed by atoms with Gasteiger partial charge >= 0.3 is 0 Å². The van der Waals surface area contributed by atoms with Crippen molar-refractivity contribution in [1.29, 1.82) is 0 Å². The largest absolute Gasteiger partial charge is 0.508 e. The highest BCUT2D eigenvalue weighted by Gasteiger charge is 2.02. The van der Waals surface area contributed by atoms with Crippen LogP contribution in [-0.4, -0.2) is 22.2 Å². The molecule has 0 saturated heterocycles. The Morgan fingerprint density at radius 3 is 2.61 bits per heavy atom. The predicted molar refractivity (Wildman–Crippen MR) is 68.8 cm³/mol. The highest BCUT2D eigenvalue weighted by molar-refractivity contribution is 5.33. The second-order valence-corrected chi connectivity index (χ2v) is 3.90. The fourth-order valence-electron chi connectivity index (χ4n) is 1.52. The molecule has 2 rings (SSSR count). The number of nitrogens with zero attached hydrogens (tertiary/aromatic N) is 2. The average molecular weight is 245 g/mol. The van der Waals surface area contributed by atoms with Crippen molar-refractivity contribution in [3.63, 3.8) is 0 Å². The molecule has 0 unspecified atom stereocenters. The van der Waals surface area contributed by atoms with Crippen molar-refractivity contribution in [2.24, 2.45) is 0 Å². The Balaban J connectivity index is 2.05. The smallest absolute Gasteiger partial charge is 0.226 e. The van der Waals surface area contributed by atoms with E-state index in [-0.39, 0.29) is 5.75 Å². The van der Waals surface area contributed by atoms with Crippen LogP contribution in [0, 0.1) is 6.92 Å². The summed E-state index contributed by atoms with van der Waals surface area (Å²) < 4.78 is 5.08. The van der Waals surface area contributed by atoms with Crippen molar-refractivity contribution in [3.8, 4) is 11.6 Å². The maximum Gasteiger partial charge on any atom is 0.226 e. The highest BCUT2D eigenvalue weighted by Crippen LogP contribution is 2.13. The number of methoxy groups -OCH3 is 1. The quantitative estimate of drug-likeness (QED) is 0.863. The lowest BCUT2D eigenvalue weighted by Gasteiger charge is -2.07. The Labute approximate surface area is 105 Å². The van der Waals surface area contributed by atoms with Gasteiger partial charge in [0.2, 0.25) is 11.8 Å². The summed E-state index contributed by atoms with van der Waals surface area (Å²) in [5.74, 6) is 1.32. The van der Waals surface area contributed by atoms with Gasteiger partial charge in [0.1, 0.15) is 5.75 Å². The van der Waals surface area contributed by atoms with Gasteiger partial charge in [0.15, 0.2) is 0 Å². The van der Waals surface area contributed by atoms with E-state index in [1.165, 1.54) is 0 Å². The molecule has 0 spiro atoms. The van der Waals surface area contributed by atoms with Gasteiger partial charge in [-0.05, 0) is 24.6 Å². The maximum atomic E-state index is 9.18. The molecule has 0 radical (unpaired) electrons. The van der Waals surface area contributed by atoms with Crippen molar-refractivity contribution in [2.45, 2.75) is 13.5 Å². The molecule has 5 nitrogen and oxygen atoms in total. The van der Waals surface area contributed by atoms with E-state index in [1.54, 1.807) is 25.3 Å². The van der Waals surface area contributed by atoms with E-state index in [4.69, 9.17) is 4.74 Å². The van der Waals surface area contributed by atoms with Gasteiger partial charge < -0.3 is 15.2 Å². The molecule has 0 amide bonds. The third-order valence-electron chi connectivity index (χ3n) is 2.43. The van der Waals surface area contributed by atoms with Gasteiger partial charge in [-0.25, -0.2) is 4.98 Å². The number of ether oxygens (including phenoxy) is 1. The fraction of sp³-hybridized carbons (Fsp3) is 0.231. The summed E-state index contributed by atoms with van der Waals surface area (Å²) in [6.07, 6.45) is 0. The van der Waals surface area contributed by atoms with Crippen molar-refractivity contribution < 1.29 is 9.84 Å². The van der Waals surface area contributed by atoms with E-state index in [0.29, 0.717) is 18.4 Å². The lowest BCUT2D eigenvalue weighted by molar-refractivity contribution is 0.397. The van der Waals surface area contributed by atoms with E-state index in [1.807, 2.05) is 19.1 Å². The molecule has 1 aromatic heterocycles. The molecule has 0 aliphatic rings. The molecule has 1 aromatic carbocycles. The number of rotatable bonds is 4. The Morgan fingerprint density at radius 1 is 1.22 bits per heavy atom. The van der Waals surface area contributed by atoms with Crippen LogP contribution in [0.3, 0.4) is 0 Å². The van der Waals surface area contributed by atoms with Crippen LogP contribution in [0.1, 0.15) is 11.3 Å². The molecule has 0 atom stereocenters. The van der Waals surface area contributed by atoms with Gasteiger partial charge in [-0.1, -0.05) is 12.1 Å². The summed E-state index contributed by atoms with van der Waals surface area (Å²) in [4.78, 5) is 8.45. The SMILES string of the molecule is COc1cc(C)nc(NCc2ccc(O)cc2)n1. The Kier molecular flexibility index (Phi) is 3.62. The molecular formula is C13H15N3O2. The first-order valence-electron chi connectivity index (χ1n) is 5.59. The number of aryl methyl sites for hydroxylation is 1. The third kappa shape index (κ3) is 3.10. The van der Waals surface area contributed by atoms with E-state index >= 15 is 0 Å². The highest BCUT2D eigenvalue weighted by atomic mass is 16.5. The molecule has 18 heavy (non-hydrogen) atoms. The van der Waals surface area contributed by atoms with Crippen molar-refractivity contribution in [3.05, 3.63) is 41.6 Å². The maximum absolute atomic E-state index is 9.18. The second-order valence-electron chi connectivity index (χ2n) is 3.90. The molecule has 0 bridgehead atoms. The first kappa shape index (κ1) is 12.2. The van der Waals surface area contributed by atoms with E-state index in [0.717, 1.165) is 11.3 Å². The molecule has 0 aliphatic heterocycles. The number of aromatic nitrogens is 2. The Morgan fingerprint density at radius 2 is 1.94 bits per heavy atom. The first-order valence-corrected chi connectivity index (χ1v) is 5.59. The summed E-state index contributed by atoms with van der Waals surface area (Å²) in [7, 11) is 1.57. The summed E-state index contributed by atoms with van der Waals surface area (Å²) in [6.45, 7) is 2.48. The molecular weight excluding hydrogens is 230 g/mol. The zero-order valence-corrected chi connectivity index (χ0v) is 10.3. The normalized spacial score (nSPS) is 10.1. The first-order chi connectivity index (χ1) is 8.67. The molecule has 0 saturated carbocycles. The fourth-order valence-corrected chi connectivity index (χ4v) is 1.52. The average Bonchev–Trinajstić information content (AvgIpc) is 2.37. The third-order valence-corrected chi connectivity index (χ3v) is 2.43. The zero-order valence-electron chi connectivity index (χ0n) is 10.3. The molecule has 1 heterocycles. The zero-order chi connectivity index (χ0) is 13.0. The monoisotopic (exact) mass is 245 g/mol. The summed E-state index contributed by atoms with van der Waals surface area (Å²) in [5, 5.41) is 12.3. The van der Waals surface area contributed by atoms with Crippen LogP contribution >= 0.6 is 0 Å². The number of benzene rings is 1. The molecule has 0 aliphatic carbocycles.